The van der Waals surface area contributed by atoms with E-state index in [1.807, 2.05) is 12.1 Å². The molecule has 0 amide bonds. The molecule has 86 valence electrons. The lowest BCUT2D eigenvalue weighted by Crippen LogP contribution is -2.16. The van der Waals surface area contributed by atoms with Crippen LogP contribution in [-0.2, 0) is 11.2 Å². The maximum Gasteiger partial charge on any atom is 0.337 e. The zero-order valence-corrected chi connectivity index (χ0v) is 10.1. The number of carbonyl (C=O) groups excluding carboxylic acids is 1. The number of methoxy groups -OCH3 is 1. The normalized spacial score (nSPS) is 23.7. The summed E-state index contributed by atoms with van der Waals surface area (Å²) in [5.74, 6) is 1.08. The number of carbonyl (C=O) groups is 1. The zero-order chi connectivity index (χ0) is 11.7. The number of hydrogen-bond acceptors (Lipinski definition) is 2. The van der Waals surface area contributed by atoms with Gasteiger partial charge < -0.3 is 4.74 Å². The van der Waals surface area contributed by atoms with Crippen LogP contribution >= 0.6 is 0 Å². The Morgan fingerprint density at radius 2 is 2.12 bits per heavy atom. The third-order valence-electron chi connectivity index (χ3n) is 3.78. The smallest absolute Gasteiger partial charge is 0.337 e. The van der Waals surface area contributed by atoms with Crippen LogP contribution in [-0.4, -0.2) is 13.1 Å². The molecule has 2 unspecified atom stereocenters. The Morgan fingerprint density at radius 1 is 1.38 bits per heavy atom. The van der Waals surface area contributed by atoms with E-state index in [1.54, 1.807) is 0 Å². The Labute approximate surface area is 96.6 Å². The molecule has 16 heavy (non-hydrogen) atoms. The topological polar surface area (TPSA) is 26.3 Å². The molecule has 0 aromatic heterocycles. The molecule has 0 fully saturated rings. The Morgan fingerprint density at radius 3 is 2.81 bits per heavy atom. The molecule has 0 saturated heterocycles. The van der Waals surface area contributed by atoms with Crippen LogP contribution in [0.25, 0.3) is 0 Å². The number of rotatable bonds is 1. The zero-order valence-electron chi connectivity index (χ0n) is 10.1. The summed E-state index contributed by atoms with van der Waals surface area (Å²) in [6.07, 6.45) is 2.28. The van der Waals surface area contributed by atoms with Crippen molar-refractivity contribution in [1.82, 2.24) is 0 Å². The summed E-state index contributed by atoms with van der Waals surface area (Å²) in [6, 6.07) is 5.95. The van der Waals surface area contributed by atoms with Crippen LogP contribution in [0.3, 0.4) is 0 Å². The monoisotopic (exact) mass is 218 g/mol. The summed E-state index contributed by atoms with van der Waals surface area (Å²) in [6.45, 7) is 4.56. The van der Waals surface area contributed by atoms with Crippen molar-refractivity contribution in [1.29, 1.82) is 0 Å². The first-order valence-electron chi connectivity index (χ1n) is 5.84. The quantitative estimate of drug-likeness (QED) is 0.677. The van der Waals surface area contributed by atoms with Crippen LogP contribution in [0.2, 0.25) is 0 Å². The van der Waals surface area contributed by atoms with Gasteiger partial charge >= 0.3 is 5.97 Å². The fourth-order valence-corrected chi connectivity index (χ4v) is 2.45. The maximum absolute atomic E-state index is 11.4. The van der Waals surface area contributed by atoms with Gasteiger partial charge in [-0.05, 0) is 47.9 Å². The second-order valence-corrected chi connectivity index (χ2v) is 4.71. The van der Waals surface area contributed by atoms with Crippen molar-refractivity contribution >= 4 is 5.97 Å². The molecule has 0 saturated carbocycles. The second-order valence-electron chi connectivity index (χ2n) is 4.71. The van der Waals surface area contributed by atoms with E-state index >= 15 is 0 Å². The summed E-state index contributed by atoms with van der Waals surface area (Å²) >= 11 is 0. The number of esters is 1. The third-order valence-corrected chi connectivity index (χ3v) is 3.78. The predicted octanol–water partition coefficient (Wildman–Crippen LogP) is 3.16. The molecule has 1 aromatic rings. The van der Waals surface area contributed by atoms with Crippen molar-refractivity contribution in [2.45, 2.75) is 32.6 Å². The average molecular weight is 218 g/mol. The van der Waals surface area contributed by atoms with E-state index in [0.29, 0.717) is 11.5 Å². The lowest BCUT2D eigenvalue weighted by Gasteiger charge is -2.28. The SMILES string of the molecule is COC(=O)c1ccc2c(c1)CCC(C)C2C. The van der Waals surface area contributed by atoms with Gasteiger partial charge in [-0.2, -0.15) is 0 Å². The van der Waals surface area contributed by atoms with Gasteiger partial charge in [0.1, 0.15) is 0 Å². The van der Waals surface area contributed by atoms with Crippen molar-refractivity contribution < 1.29 is 9.53 Å². The van der Waals surface area contributed by atoms with Gasteiger partial charge in [-0.15, -0.1) is 0 Å². The van der Waals surface area contributed by atoms with Gasteiger partial charge in [-0.25, -0.2) is 4.79 Å². The van der Waals surface area contributed by atoms with Crippen LogP contribution in [0.1, 0.15) is 47.7 Å². The number of fused-ring (bicyclic) bond motifs is 1. The van der Waals surface area contributed by atoms with E-state index in [-0.39, 0.29) is 5.97 Å². The minimum absolute atomic E-state index is 0.242. The van der Waals surface area contributed by atoms with Gasteiger partial charge in [0.25, 0.3) is 0 Å². The number of ether oxygens (including phenoxy) is 1. The Bertz CT molecular complexity index is 409. The summed E-state index contributed by atoms with van der Waals surface area (Å²) < 4.78 is 4.74. The molecular formula is C14H18O2. The fourth-order valence-electron chi connectivity index (χ4n) is 2.45. The summed E-state index contributed by atoms with van der Waals surface area (Å²) in [4.78, 5) is 11.4. The first kappa shape index (κ1) is 11.2. The van der Waals surface area contributed by atoms with Crippen LogP contribution in [0.5, 0.6) is 0 Å². The van der Waals surface area contributed by atoms with Crippen molar-refractivity contribution in [2.24, 2.45) is 5.92 Å². The number of aryl methyl sites for hydroxylation is 1. The third kappa shape index (κ3) is 1.84. The van der Waals surface area contributed by atoms with Gasteiger partial charge in [0.2, 0.25) is 0 Å². The minimum atomic E-state index is -0.242. The average Bonchev–Trinajstić information content (AvgIpc) is 2.32. The molecule has 2 atom stereocenters. The maximum atomic E-state index is 11.4. The highest BCUT2D eigenvalue weighted by Crippen LogP contribution is 2.35. The molecule has 1 aromatic carbocycles. The Balaban J connectivity index is 2.37. The van der Waals surface area contributed by atoms with E-state index in [2.05, 4.69) is 19.9 Å². The molecule has 2 heteroatoms. The van der Waals surface area contributed by atoms with Crippen LogP contribution in [0.4, 0.5) is 0 Å². The van der Waals surface area contributed by atoms with Gasteiger partial charge in [0, 0.05) is 0 Å². The highest BCUT2D eigenvalue weighted by atomic mass is 16.5. The van der Waals surface area contributed by atoms with Crippen LogP contribution in [0.15, 0.2) is 18.2 Å². The molecule has 1 aliphatic carbocycles. The Hall–Kier alpha value is -1.31. The molecule has 0 radical (unpaired) electrons. The fraction of sp³-hybridized carbons (Fsp3) is 0.500. The molecule has 0 aliphatic heterocycles. The van der Waals surface area contributed by atoms with E-state index < -0.39 is 0 Å². The van der Waals surface area contributed by atoms with Gasteiger partial charge in [-0.1, -0.05) is 19.9 Å². The minimum Gasteiger partial charge on any atom is -0.465 e. The second kappa shape index (κ2) is 4.28. The lowest BCUT2D eigenvalue weighted by molar-refractivity contribution is 0.0600. The van der Waals surface area contributed by atoms with E-state index in [0.717, 1.165) is 12.3 Å². The van der Waals surface area contributed by atoms with Crippen molar-refractivity contribution in [2.75, 3.05) is 7.11 Å². The van der Waals surface area contributed by atoms with Gasteiger partial charge in [-0.3, -0.25) is 0 Å². The van der Waals surface area contributed by atoms with E-state index in [4.69, 9.17) is 4.74 Å². The molecule has 0 N–H and O–H groups in total. The van der Waals surface area contributed by atoms with Gasteiger partial charge in [0.05, 0.1) is 12.7 Å². The van der Waals surface area contributed by atoms with Crippen LogP contribution < -0.4 is 0 Å². The number of hydrogen-bond donors (Lipinski definition) is 0. The van der Waals surface area contributed by atoms with Crippen molar-refractivity contribution in [3.63, 3.8) is 0 Å². The standard InChI is InChI=1S/C14H18O2/c1-9-4-5-11-8-12(14(15)16-3)6-7-13(11)10(9)2/h6-10H,4-5H2,1-3H3. The van der Waals surface area contributed by atoms with Gasteiger partial charge in [0.15, 0.2) is 0 Å². The lowest BCUT2D eigenvalue weighted by atomic mass is 9.76. The highest BCUT2D eigenvalue weighted by molar-refractivity contribution is 5.89. The number of benzene rings is 1. The van der Waals surface area contributed by atoms with Crippen molar-refractivity contribution in [3.05, 3.63) is 34.9 Å². The predicted molar refractivity (Wildman–Crippen MR) is 63.7 cm³/mol. The molecule has 0 heterocycles. The van der Waals surface area contributed by atoms with E-state index in [9.17, 15) is 4.79 Å². The summed E-state index contributed by atoms with van der Waals surface area (Å²) in [5.41, 5.74) is 3.38. The molecule has 0 bridgehead atoms. The Kier molecular flexibility index (Phi) is 2.99. The molecule has 0 spiro atoms. The molecule has 1 aliphatic rings. The largest absolute Gasteiger partial charge is 0.465 e. The molecule has 2 nitrogen and oxygen atoms in total. The first-order valence-corrected chi connectivity index (χ1v) is 5.84. The summed E-state index contributed by atoms with van der Waals surface area (Å²) in [7, 11) is 1.42. The van der Waals surface area contributed by atoms with E-state index in [1.165, 1.54) is 24.7 Å². The van der Waals surface area contributed by atoms with Crippen molar-refractivity contribution in [3.8, 4) is 0 Å². The first-order chi connectivity index (χ1) is 7.63. The van der Waals surface area contributed by atoms with Crippen LogP contribution in [0, 0.1) is 5.92 Å². The molecule has 2 rings (SSSR count). The molecular weight excluding hydrogens is 200 g/mol. The summed E-state index contributed by atoms with van der Waals surface area (Å²) in [5, 5.41) is 0. The highest BCUT2D eigenvalue weighted by Gasteiger charge is 2.23.